The van der Waals surface area contributed by atoms with Gasteiger partial charge in [-0.3, -0.25) is 4.79 Å². The Morgan fingerprint density at radius 3 is 2.30 bits per heavy atom. The summed E-state index contributed by atoms with van der Waals surface area (Å²) in [5.74, 6) is -0.757. The number of nitrogens with one attached hydrogen (secondary N) is 1. The maximum atomic E-state index is 13.6. The number of carbonyl (C=O) groups is 2. The molecule has 4 saturated carbocycles. The van der Waals surface area contributed by atoms with Crippen LogP contribution < -0.4 is 5.32 Å². The van der Waals surface area contributed by atoms with Gasteiger partial charge in [-0.15, -0.1) is 0 Å². The molecule has 1 amide bonds. The minimum absolute atomic E-state index is 0.0275. The molecule has 0 spiro atoms. The van der Waals surface area contributed by atoms with Gasteiger partial charge >= 0.3 is 5.97 Å². The maximum absolute atomic E-state index is 13.6. The number of benzene rings is 1. The Bertz CT molecular complexity index is 729. The van der Waals surface area contributed by atoms with Crippen LogP contribution in [0.1, 0.15) is 55.8 Å². The maximum Gasteiger partial charge on any atom is 0.341 e. The Morgan fingerprint density at radius 2 is 1.74 bits per heavy atom. The van der Waals surface area contributed by atoms with Crippen LogP contribution in [0.25, 0.3) is 0 Å². The molecular formula is C21H25F2NO3. The molecule has 5 rings (SSSR count). The van der Waals surface area contributed by atoms with Crippen LogP contribution in [0.15, 0.2) is 18.2 Å². The lowest BCUT2D eigenvalue weighted by atomic mass is 9.48. The molecule has 0 aromatic heterocycles. The van der Waals surface area contributed by atoms with Gasteiger partial charge in [0, 0.05) is 12.1 Å². The molecule has 6 heteroatoms. The lowest BCUT2D eigenvalue weighted by Gasteiger charge is -2.59. The lowest BCUT2D eigenvalue weighted by molar-refractivity contribution is -0.128. The van der Waals surface area contributed by atoms with Gasteiger partial charge in [-0.25, -0.2) is 13.6 Å². The Morgan fingerprint density at radius 1 is 1.15 bits per heavy atom. The smallest absolute Gasteiger partial charge is 0.341 e. The number of esters is 1. The van der Waals surface area contributed by atoms with E-state index < -0.39 is 24.2 Å². The Labute approximate surface area is 157 Å². The highest BCUT2D eigenvalue weighted by Gasteiger charge is 2.53. The van der Waals surface area contributed by atoms with Crippen LogP contribution in [-0.2, 0) is 9.53 Å². The minimum atomic E-state index is -0.998. The Balaban J connectivity index is 1.32. The summed E-state index contributed by atoms with van der Waals surface area (Å²) < 4.78 is 31.5. The summed E-state index contributed by atoms with van der Waals surface area (Å²) in [5.41, 5.74) is -0.212. The molecule has 1 aromatic rings. The van der Waals surface area contributed by atoms with Gasteiger partial charge < -0.3 is 10.1 Å². The van der Waals surface area contributed by atoms with Crippen molar-refractivity contribution in [3.63, 3.8) is 0 Å². The molecule has 0 saturated heterocycles. The third-order valence-corrected chi connectivity index (χ3v) is 6.87. The largest absolute Gasteiger partial charge is 0.452 e. The molecule has 0 aliphatic heterocycles. The highest BCUT2D eigenvalue weighted by atomic mass is 19.1. The van der Waals surface area contributed by atoms with Gasteiger partial charge in [0.1, 0.15) is 11.6 Å². The van der Waals surface area contributed by atoms with E-state index in [2.05, 4.69) is 5.32 Å². The standard InChI is InChI=1S/C21H25F2NO3/c1-12(21-8-13-4-14(9-21)6-15(5-13)10-21)24-19(25)11-27-20(26)17-3-2-16(22)7-18(17)23/h2-3,7,12-15H,4-6,8-11H2,1H3,(H,24,25). The van der Waals surface area contributed by atoms with Crippen molar-refractivity contribution in [2.75, 3.05) is 6.61 Å². The summed E-state index contributed by atoms with van der Waals surface area (Å²) >= 11 is 0. The monoisotopic (exact) mass is 377 g/mol. The quantitative estimate of drug-likeness (QED) is 0.793. The van der Waals surface area contributed by atoms with Gasteiger partial charge in [0.25, 0.3) is 5.91 Å². The van der Waals surface area contributed by atoms with Gasteiger partial charge in [-0.2, -0.15) is 0 Å². The van der Waals surface area contributed by atoms with Crippen LogP contribution >= 0.6 is 0 Å². The number of hydrogen-bond acceptors (Lipinski definition) is 3. The molecule has 4 bridgehead atoms. The predicted molar refractivity (Wildman–Crippen MR) is 94.9 cm³/mol. The summed E-state index contributed by atoms with van der Waals surface area (Å²) in [7, 11) is 0. The summed E-state index contributed by atoms with van der Waals surface area (Å²) in [6.45, 7) is 1.58. The van der Waals surface area contributed by atoms with Gasteiger partial charge in [0.05, 0.1) is 5.56 Å². The normalized spacial score (nSPS) is 32.2. The number of rotatable bonds is 5. The molecule has 146 valence electrons. The van der Waals surface area contributed by atoms with E-state index in [1.807, 2.05) is 6.92 Å². The number of hydrogen-bond donors (Lipinski definition) is 1. The van der Waals surface area contributed by atoms with Crippen LogP contribution in [0.4, 0.5) is 8.78 Å². The van der Waals surface area contributed by atoms with E-state index in [4.69, 9.17) is 4.74 Å². The highest BCUT2D eigenvalue weighted by Crippen LogP contribution is 2.61. The fourth-order valence-electron chi connectivity index (χ4n) is 6.01. The molecule has 4 aliphatic rings. The first-order chi connectivity index (χ1) is 12.8. The van der Waals surface area contributed by atoms with Crippen LogP contribution in [-0.4, -0.2) is 24.5 Å². The molecule has 1 atom stereocenters. The van der Waals surface area contributed by atoms with E-state index >= 15 is 0 Å². The fraction of sp³-hybridized carbons (Fsp3) is 0.619. The van der Waals surface area contributed by atoms with Crippen molar-refractivity contribution < 1.29 is 23.1 Å². The molecule has 1 N–H and O–H groups in total. The molecule has 27 heavy (non-hydrogen) atoms. The van der Waals surface area contributed by atoms with Crippen LogP contribution in [0.3, 0.4) is 0 Å². The summed E-state index contributed by atoms with van der Waals surface area (Å²) in [5, 5.41) is 3.00. The van der Waals surface area contributed by atoms with Crippen molar-refractivity contribution >= 4 is 11.9 Å². The molecule has 0 radical (unpaired) electrons. The topological polar surface area (TPSA) is 55.4 Å². The number of carbonyl (C=O) groups excluding carboxylic acids is 2. The van der Waals surface area contributed by atoms with Crippen molar-refractivity contribution in [1.82, 2.24) is 5.32 Å². The van der Waals surface area contributed by atoms with E-state index in [0.29, 0.717) is 6.07 Å². The van der Waals surface area contributed by atoms with Gasteiger partial charge in [0.2, 0.25) is 0 Å². The molecule has 0 heterocycles. The van der Waals surface area contributed by atoms with Crippen molar-refractivity contribution in [3.05, 3.63) is 35.4 Å². The van der Waals surface area contributed by atoms with E-state index in [0.717, 1.165) is 29.9 Å². The number of amides is 1. The highest BCUT2D eigenvalue weighted by molar-refractivity contribution is 5.91. The third-order valence-electron chi connectivity index (χ3n) is 6.87. The number of halogens is 2. The van der Waals surface area contributed by atoms with Crippen LogP contribution in [0.2, 0.25) is 0 Å². The predicted octanol–water partition coefficient (Wildman–Crippen LogP) is 3.84. The van der Waals surface area contributed by atoms with E-state index in [1.54, 1.807) is 0 Å². The first-order valence-corrected chi connectivity index (χ1v) is 9.76. The van der Waals surface area contributed by atoms with Crippen LogP contribution in [0.5, 0.6) is 0 Å². The molecule has 1 aromatic carbocycles. The zero-order valence-electron chi connectivity index (χ0n) is 15.5. The third kappa shape index (κ3) is 3.58. The van der Waals surface area contributed by atoms with E-state index in [-0.39, 0.29) is 22.9 Å². The van der Waals surface area contributed by atoms with Crippen molar-refractivity contribution in [3.8, 4) is 0 Å². The first kappa shape index (κ1) is 18.4. The zero-order valence-corrected chi connectivity index (χ0v) is 15.5. The molecule has 4 nitrogen and oxygen atoms in total. The summed E-state index contributed by atoms with van der Waals surface area (Å²) in [6, 6.07) is 2.64. The zero-order chi connectivity index (χ0) is 19.2. The van der Waals surface area contributed by atoms with Gasteiger partial charge in [0.15, 0.2) is 6.61 Å². The fourth-order valence-corrected chi connectivity index (χ4v) is 6.01. The van der Waals surface area contributed by atoms with Crippen LogP contribution in [0, 0.1) is 34.8 Å². The second-order valence-corrected chi connectivity index (χ2v) is 8.77. The molecule has 1 unspecified atom stereocenters. The molecule has 4 fully saturated rings. The second-order valence-electron chi connectivity index (χ2n) is 8.77. The summed E-state index contributed by atoms with van der Waals surface area (Å²) in [4.78, 5) is 24.2. The first-order valence-electron chi connectivity index (χ1n) is 9.76. The van der Waals surface area contributed by atoms with Crippen molar-refractivity contribution in [2.45, 2.75) is 51.5 Å². The average Bonchev–Trinajstić information content (AvgIpc) is 2.58. The SMILES string of the molecule is CC(NC(=O)COC(=O)c1ccc(F)cc1F)C12CC3CC(CC(C3)C1)C2. The molecular weight excluding hydrogens is 352 g/mol. The van der Waals surface area contributed by atoms with E-state index in [1.165, 1.54) is 38.5 Å². The number of ether oxygens (including phenoxy) is 1. The Kier molecular flexibility index (Phi) is 4.68. The lowest BCUT2D eigenvalue weighted by Crippen LogP contribution is -2.56. The average molecular weight is 377 g/mol. The van der Waals surface area contributed by atoms with E-state index in [9.17, 15) is 18.4 Å². The van der Waals surface area contributed by atoms with Gasteiger partial charge in [-0.1, -0.05) is 0 Å². The minimum Gasteiger partial charge on any atom is -0.452 e. The van der Waals surface area contributed by atoms with Gasteiger partial charge in [-0.05, 0) is 80.8 Å². The Hall–Kier alpha value is -1.98. The summed E-state index contributed by atoms with van der Waals surface area (Å²) in [6.07, 6.45) is 7.51. The second kappa shape index (κ2) is 6.88. The molecule has 4 aliphatic carbocycles. The van der Waals surface area contributed by atoms with Crippen molar-refractivity contribution in [1.29, 1.82) is 0 Å². The van der Waals surface area contributed by atoms with Crippen molar-refractivity contribution in [2.24, 2.45) is 23.2 Å².